The summed E-state index contributed by atoms with van der Waals surface area (Å²) in [6, 6.07) is 0. The molecule has 0 bridgehead atoms. The Morgan fingerprint density at radius 1 is 1.06 bits per heavy atom. The van der Waals surface area contributed by atoms with Crippen LogP contribution in [0.3, 0.4) is 0 Å². The number of hydrogen-bond donors (Lipinski definition) is 1. The third kappa shape index (κ3) is 0.939. The van der Waals surface area contributed by atoms with E-state index < -0.39 is 0 Å². The Labute approximate surface area is 99.6 Å². The summed E-state index contributed by atoms with van der Waals surface area (Å²) in [6.07, 6.45) is 6.28. The molecule has 5 unspecified atom stereocenters. The van der Waals surface area contributed by atoms with Gasteiger partial charge in [-0.3, -0.25) is 0 Å². The molecule has 3 saturated carbocycles. The van der Waals surface area contributed by atoms with Gasteiger partial charge in [-0.25, -0.2) is 0 Å². The lowest BCUT2D eigenvalue weighted by Crippen LogP contribution is -2.45. The SMILES string of the molecule is CC1CCC2C(C)(C)CC3(C)CCC(O)C123. The monoisotopic (exact) mass is 222 g/mol. The van der Waals surface area contributed by atoms with Crippen LogP contribution in [0.5, 0.6) is 0 Å². The Morgan fingerprint density at radius 2 is 1.75 bits per heavy atom. The Kier molecular flexibility index (Phi) is 1.98. The van der Waals surface area contributed by atoms with E-state index in [9.17, 15) is 5.11 Å². The molecule has 1 spiro atoms. The maximum Gasteiger partial charge on any atom is 0.0607 e. The number of rotatable bonds is 0. The van der Waals surface area contributed by atoms with E-state index in [-0.39, 0.29) is 11.5 Å². The van der Waals surface area contributed by atoms with Crippen LogP contribution in [-0.4, -0.2) is 11.2 Å². The van der Waals surface area contributed by atoms with Crippen LogP contribution >= 0.6 is 0 Å². The maximum absolute atomic E-state index is 10.6. The molecule has 0 aromatic carbocycles. The van der Waals surface area contributed by atoms with Gasteiger partial charge in [-0.05, 0) is 54.8 Å². The fourth-order valence-electron chi connectivity index (χ4n) is 6.53. The van der Waals surface area contributed by atoms with Crippen molar-refractivity contribution in [2.24, 2.45) is 28.1 Å². The van der Waals surface area contributed by atoms with Crippen molar-refractivity contribution in [3.8, 4) is 0 Å². The second-order valence-corrected chi connectivity index (χ2v) is 7.74. The molecule has 1 heteroatoms. The van der Waals surface area contributed by atoms with Gasteiger partial charge >= 0.3 is 0 Å². The van der Waals surface area contributed by atoms with Gasteiger partial charge in [-0.2, -0.15) is 0 Å². The highest BCUT2D eigenvalue weighted by Crippen LogP contribution is 2.77. The molecule has 0 aromatic rings. The second kappa shape index (κ2) is 2.85. The normalized spacial score (nSPS) is 58.7. The summed E-state index contributed by atoms with van der Waals surface area (Å²) >= 11 is 0. The number of aliphatic hydroxyl groups excluding tert-OH is 1. The zero-order valence-electron chi connectivity index (χ0n) is 11.2. The molecule has 0 saturated heterocycles. The van der Waals surface area contributed by atoms with Gasteiger partial charge in [0.2, 0.25) is 0 Å². The van der Waals surface area contributed by atoms with E-state index in [1.807, 2.05) is 0 Å². The van der Waals surface area contributed by atoms with Gasteiger partial charge in [0.05, 0.1) is 6.10 Å². The molecule has 0 aliphatic heterocycles. The van der Waals surface area contributed by atoms with Crippen molar-refractivity contribution in [1.29, 1.82) is 0 Å². The van der Waals surface area contributed by atoms with Crippen LogP contribution in [0.2, 0.25) is 0 Å². The summed E-state index contributed by atoms with van der Waals surface area (Å²) in [5.41, 5.74) is 1.12. The van der Waals surface area contributed by atoms with Crippen molar-refractivity contribution >= 4 is 0 Å². The van der Waals surface area contributed by atoms with Gasteiger partial charge in [-0.15, -0.1) is 0 Å². The van der Waals surface area contributed by atoms with Crippen molar-refractivity contribution < 1.29 is 5.11 Å². The molecule has 1 N–H and O–H groups in total. The van der Waals surface area contributed by atoms with Crippen LogP contribution in [0.1, 0.15) is 59.8 Å². The fraction of sp³-hybridized carbons (Fsp3) is 1.00. The standard InChI is InChI=1S/C15H26O/c1-10-5-6-11-13(2,3)9-14(4)8-7-12(16)15(10,11)14/h10-12,16H,5-9H2,1-4H3. The van der Waals surface area contributed by atoms with E-state index in [1.54, 1.807) is 0 Å². The van der Waals surface area contributed by atoms with Gasteiger partial charge in [0.15, 0.2) is 0 Å². The average Bonchev–Trinajstić information content (AvgIpc) is 2.68. The van der Waals surface area contributed by atoms with Crippen molar-refractivity contribution in [3.63, 3.8) is 0 Å². The lowest BCUT2D eigenvalue weighted by Gasteiger charge is -2.45. The first-order valence-corrected chi connectivity index (χ1v) is 7.03. The first-order chi connectivity index (χ1) is 7.34. The van der Waals surface area contributed by atoms with E-state index >= 15 is 0 Å². The lowest BCUT2D eigenvalue weighted by atomic mass is 9.61. The van der Waals surface area contributed by atoms with Crippen LogP contribution in [-0.2, 0) is 0 Å². The van der Waals surface area contributed by atoms with Crippen molar-refractivity contribution in [2.75, 3.05) is 0 Å². The van der Waals surface area contributed by atoms with E-state index in [0.29, 0.717) is 10.8 Å². The molecular formula is C15H26O. The van der Waals surface area contributed by atoms with Gasteiger partial charge in [0, 0.05) is 5.41 Å². The molecule has 16 heavy (non-hydrogen) atoms. The quantitative estimate of drug-likeness (QED) is 0.664. The third-order valence-electron chi connectivity index (χ3n) is 6.64. The summed E-state index contributed by atoms with van der Waals surface area (Å²) in [7, 11) is 0. The molecule has 3 aliphatic carbocycles. The molecule has 0 heterocycles. The highest BCUT2D eigenvalue weighted by atomic mass is 16.3. The average molecular weight is 222 g/mol. The summed E-state index contributed by atoms with van der Waals surface area (Å²) < 4.78 is 0. The Hall–Kier alpha value is -0.0400. The highest BCUT2D eigenvalue weighted by molar-refractivity contribution is 5.21. The molecule has 3 aliphatic rings. The molecule has 0 aromatic heterocycles. The van der Waals surface area contributed by atoms with Crippen LogP contribution in [0.4, 0.5) is 0 Å². The fourth-order valence-corrected chi connectivity index (χ4v) is 6.53. The van der Waals surface area contributed by atoms with Gasteiger partial charge in [-0.1, -0.05) is 27.7 Å². The Bertz CT molecular complexity index is 315. The molecule has 3 fully saturated rings. The summed E-state index contributed by atoms with van der Waals surface area (Å²) in [4.78, 5) is 0. The van der Waals surface area contributed by atoms with E-state index in [4.69, 9.17) is 0 Å². The van der Waals surface area contributed by atoms with Crippen LogP contribution in [0.15, 0.2) is 0 Å². The molecule has 0 amide bonds. The molecule has 1 nitrogen and oxygen atoms in total. The first kappa shape index (κ1) is 11.1. The smallest absolute Gasteiger partial charge is 0.0607 e. The molecule has 0 radical (unpaired) electrons. The zero-order valence-corrected chi connectivity index (χ0v) is 11.2. The second-order valence-electron chi connectivity index (χ2n) is 7.74. The van der Waals surface area contributed by atoms with Gasteiger partial charge in [0.25, 0.3) is 0 Å². The third-order valence-corrected chi connectivity index (χ3v) is 6.64. The predicted molar refractivity (Wildman–Crippen MR) is 66.1 cm³/mol. The predicted octanol–water partition coefficient (Wildman–Crippen LogP) is 3.61. The molecule has 92 valence electrons. The first-order valence-electron chi connectivity index (χ1n) is 7.03. The largest absolute Gasteiger partial charge is 0.393 e. The Balaban J connectivity index is 2.16. The van der Waals surface area contributed by atoms with Gasteiger partial charge < -0.3 is 5.11 Å². The van der Waals surface area contributed by atoms with E-state index in [0.717, 1.165) is 18.3 Å². The van der Waals surface area contributed by atoms with E-state index in [1.165, 1.54) is 25.7 Å². The minimum absolute atomic E-state index is 0.0261. The minimum Gasteiger partial charge on any atom is -0.393 e. The minimum atomic E-state index is -0.0261. The zero-order chi connectivity index (χ0) is 11.8. The lowest BCUT2D eigenvalue weighted by molar-refractivity contribution is -0.0519. The van der Waals surface area contributed by atoms with E-state index in [2.05, 4.69) is 27.7 Å². The maximum atomic E-state index is 10.6. The molecular weight excluding hydrogens is 196 g/mol. The van der Waals surface area contributed by atoms with Crippen LogP contribution in [0, 0.1) is 28.1 Å². The number of hydrogen-bond acceptors (Lipinski definition) is 1. The topological polar surface area (TPSA) is 20.2 Å². The Morgan fingerprint density at radius 3 is 2.44 bits per heavy atom. The van der Waals surface area contributed by atoms with Crippen LogP contribution in [0.25, 0.3) is 0 Å². The van der Waals surface area contributed by atoms with Gasteiger partial charge in [0.1, 0.15) is 0 Å². The molecule has 5 atom stereocenters. The summed E-state index contributed by atoms with van der Waals surface area (Å²) in [5, 5.41) is 10.6. The summed E-state index contributed by atoms with van der Waals surface area (Å²) in [6.45, 7) is 9.74. The van der Waals surface area contributed by atoms with Crippen molar-refractivity contribution in [3.05, 3.63) is 0 Å². The highest BCUT2D eigenvalue weighted by Gasteiger charge is 2.72. The van der Waals surface area contributed by atoms with Crippen LogP contribution < -0.4 is 0 Å². The van der Waals surface area contributed by atoms with Crippen molar-refractivity contribution in [2.45, 2.75) is 65.9 Å². The number of aliphatic hydroxyl groups is 1. The van der Waals surface area contributed by atoms with Crippen molar-refractivity contribution in [1.82, 2.24) is 0 Å². The molecule has 3 rings (SSSR count). The summed E-state index contributed by atoms with van der Waals surface area (Å²) in [5.74, 6) is 1.49.